The van der Waals surface area contributed by atoms with E-state index in [9.17, 15) is 25.6 Å². The maximum atomic E-state index is 13.4. The highest BCUT2D eigenvalue weighted by Gasteiger charge is 2.61. The minimum absolute atomic E-state index is 0.0474. The Morgan fingerprint density at radius 3 is 1.92 bits per heavy atom. The van der Waals surface area contributed by atoms with Crippen LogP contribution in [0.5, 0.6) is 5.75 Å². The Bertz CT molecular complexity index is 1440. The van der Waals surface area contributed by atoms with Crippen molar-refractivity contribution in [2.75, 3.05) is 12.3 Å². The van der Waals surface area contributed by atoms with E-state index in [-0.39, 0.29) is 47.5 Å². The zero-order valence-corrected chi connectivity index (χ0v) is 23.5. The number of nitrogens with zero attached hydrogens (tertiary/aromatic N) is 6. The molecule has 0 fully saturated rings. The van der Waals surface area contributed by atoms with E-state index in [1.807, 2.05) is 0 Å². The Morgan fingerprint density at radius 1 is 0.897 bits per heavy atom. The van der Waals surface area contributed by atoms with Crippen molar-refractivity contribution in [2.45, 2.75) is 84.1 Å². The highest BCUT2D eigenvalue weighted by Crippen LogP contribution is 2.41. The van der Waals surface area contributed by atoms with Crippen LogP contribution in [0, 0.1) is 10.4 Å². The van der Waals surface area contributed by atoms with Gasteiger partial charge in [-0.15, -0.1) is 0 Å². The monoisotopic (exact) mass is 541 g/mol. The summed E-state index contributed by atoms with van der Waals surface area (Å²) in [6.07, 6.45) is 1.48. The molecular formula is C26H35N7O6. The Balaban J connectivity index is 1.81. The number of aromatic nitrogens is 2. The summed E-state index contributed by atoms with van der Waals surface area (Å²) in [4.78, 5) is 15.8. The number of amidine groups is 2. The smallest absolute Gasteiger partial charge is 0.349 e. The van der Waals surface area contributed by atoms with Gasteiger partial charge in [0.15, 0.2) is 11.1 Å². The molecule has 0 saturated carbocycles. The molecule has 1 aromatic heterocycles. The van der Waals surface area contributed by atoms with Crippen molar-refractivity contribution in [3.05, 3.63) is 62.5 Å². The number of nitrogen functional groups attached to an aromatic ring is 1. The lowest BCUT2D eigenvalue weighted by molar-refractivity contribution is -0.540. The maximum absolute atomic E-state index is 13.4. The molecule has 0 bridgehead atoms. The molecule has 39 heavy (non-hydrogen) atoms. The van der Waals surface area contributed by atoms with Gasteiger partial charge in [-0.1, -0.05) is 10.1 Å². The van der Waals surface area contributed by atoms with Gasteiger partial charge in [0.05, 0.1) is 12.1 Å². The first-order valence-corrected chi connectivity index (χ1v) is 12.6. The third-order valence-corrected chi connectivity index (χ3v) is 8.76. The second kappa shape index (κ2) is 8.85. The summed E-state index contributed by atoms with van der Waals surface area (Å²) in [5, 5.41) is 54.6. The van der Waals surface area contributed by atoms with Gasteiger partial charge in [-0.2, -0.15) is 4.98 Å². The van der Waals surface area contributed by atoms with Gasteiger partial charge in [0, 0.05) is 16.6 Å². The molecule has 0 unspecified atom stereocenters. The summed E-state index contributed by atoms with van der Waals surface area (Å²) >= 11 is 0. The van der Waals surface area contributed by atoms with Gasteiger partial charge >= 0.3 is 17.4 Å². The third-order valence-electron chi connectivity index (χ3n) is 8.76. The van der Waals surface area contributed by atoms with E-state index in [0.29, 0.717) is 19.6 Å². The lowest BCUT2D eigenvalue weighted by atomic mass is 9.84. The Labute approximate surface area is 226 Å². The van der Waals surface area contributed by atoms with Crippen LogP contribution in [0.15, 0.2) is 35.3 Å². The predicted molar refractivity (Wildman–Crippen MR) is 142 cm³/mol. The van der Waals surface area contributed by atoms with Crippen molar-refractivity contribution in [2.24, 2.45) is 0 Å². The molecule has 13 heteroatoms. The largest absolute Gasteiger partial charge is 0.714 e. The molecule has 2 aromatic rings. The summed E-state index contributed by atoms with van der Waals surface area (Å²) in [7, 11) is 0. The standard InChI is InChI=1S/C26H35N7O6/c1-23(2)24(3,4)31(36)20(30(23)35)16-9-10-17(21-32(37)25(5,6)26(7,8)33(21)38)18(15-16)39-14-13-29-12-11-19(27)28-22(29)34/h9-12,15H,13-14H2,1-8H3,(H2,27,28,34). The molecule has 0 atom stereocenters. The van der Waals surface area contributed by atoms with Crippen molar-refractivity contribution in [3.8, 4) is 5.75 Å². The number of hydrogen-bond acceptors (Lipinski definition) is 8. The molecule has 2 N–H and O–H groups in total. The van der Waals surface area contributed by atoms with Crippen molar-refractivity contribution in [1.29, 1.82) is 0 Å². The van der Waals surface area contributed by atoms with Crippen LogP contribution in [0.25, 0.3) is 0 Å². The fraction of sp³-hybridized carbons (Fsp3) is 0.538. The number of benzene rings is 1. The van der Waals surface area contributed by atoms with Crippen LogP contribution in [-0.2, 0) is 17.0 Å². The summed E-state index contributed by atoms with van der Waals surface area (Å²) in [5.41, 5.74) is 1.21. The highest BCUT2D eigenvalue weighted by molar-refractivity contribution is 6.01. The second-order valence-electron chi connectivity index (χ2n) is 11.9. The zero-order valence-electron chi connectivity index (χ0n) is 23.5. The lowest BCUT2D eigenvalue weighted by Gasteiger charge is -2.32. The van der Waals surface area contributed by atoms with E-state index in [4.69, 9.17) is 10.5 Å². The van der Waals surface area contributed by atoms with E-state index >= 15 is 0 Å². The van der Waals surface area contributed by atoms with E-state index < -0.39 is 27.8 Å². The number of rotatable bonds is 6. The van der Waals surface area contributed by atoms with E-state index in [1.54, 1.807) is 55.4 Å². The predicted octanol–water partition coefficient (Wildman–Crippen LogP) is 1.85. The first-order valence-electron chi connectivity index (χ1n) is 12.6. The van der Waals surface area contributed by atoms with Gasteiger partial charge in [0.1, 0.15) is 34.8 Å². The minimum Gasteiger partial charge on any atom is -0.714 e. The molecule has 2 radical (unpaired) electrons. The molecular weight excluding hydrogens is 506 g/mol. The maximum Gasteiger partial charge on any atom is 0.349 e. The average Bonchev–Trinajstić information content (AvgIpc) is 3.04. The Morgan fingerprint density at radius 2 is 1.44 bits per heavy atom. The summed E-state index contributed by atoms with van der Waals surface area (Å²) < 4.78 is 8.65. The van der Waals surface area contributed by atoms with E-state index in [2.05, 4.69) is 4.98 Å². The first-order chi connectivity index (χ1) is 17.9. The molecule has 3 heterocycles. The van der Waals surface area contributed by atoms with Gasteiger partial charge in [0.25, 0.3) is 0 Å². The molecule has 2 aliphatic heterocycles. The molecule has 4 rings (SSSR count). The zero-order chi connectivity index (χ0) is 29.3. The van der Waals surface area contributed by atoms with Crippen LogP contribution in [0.1, 0.15) is 66.5 Å². The molecule has 0 aliphatic carbocycles. The van der Waals surface area contributed by atoms with Crippen molar-refractivity contribution in [1.82, 2.24) is 19.7 Å². The second-order valence-corrected chi connectivity index (χ2v) is 11.9. The highest BCUT2D eigenvalue weighted by atomic mass is 16.5. The fourth-order valence-corrected chi connectivity index (χ4v) is 4.50. The van der Waals surface area contributed by atoms with Crippen LogP contribution in [0.4, 0.5) is 5.82 Å². The fourth-order valence-electron chi connectivity index (χ4n) is 4.50. The van der Waals surface area contributed by atoms with E-state index in [0.717, 1.165) is 0 Å². The molecule has 0 saturated heterocycles. The van der Waals surface area contributed by atoms with E-state index in [1.165, 1.54) is 35.0 Å². The molecule has 2 aliphatic rings. The quantitative estimate of drug-likeness (QED) is 0.427. The van der Waals surface area contributed by atoms with Crippen LogP contribution in [0.2, 0.25) is 0 Å². The number of hydrogen-bond donors (Lipinski definition) is 1. The van der Waals surface area contributed by atoms with Gasteiger partial charge in [-0.05, 0) is 79.7 Å². The number of ether oxygens (including phenoxy) is 1. The number of nitrogens with two attached hydrogens (primary N) is 1. The lowest BCUT2D eigenvalue weighted by Crippen LogP contribution is -2.53. The van der Waals surface area contributed by atoms with Crippen LogP contribution >= 0.6 is 0 Å². The van der Waals surface area contributed by atoms with Crippen LogP contribution in [-0.4, -0.2) is 69.6 Å². The van der Waals surface area contributed by atoms with Gasteiger partial charge in [-0.25, -0.2) is 4.79 Å². The van der Waals surface area contributed by atoms with Crippen molar-refractivity contribution < 1.29 is 24.6 Å². The molecule has 0 amide bonds. The first kappa shape index (κ1) is 28.2. The molecule has 0 spiro atoms. The van der Waals surface area contributed by atoms with Gasteiger partial charge < -0.3 is 20.9 Å². The van der Waals surface area contributed by atoms with Gasteiger partial charge in [0.2, 0.25) is 0 Å². The van der Waals surface area contributed by atoms with Crippen LogP contribution in [0.3, 0.4) is 0 Å². The molecule has 210 valence electrons. The summed E-state index contributed by atoms with van der Waals surface area (Å²) in [6.45, 7) is 13.5. The van der Waals surface area contributed by atoms with Gasteiger partial charge in [-0.3, -0.25) is 14.0 Å². The normalized spacial score (nSPS) is 21.2. The third kappa shape index (κ3) is 3.98. The number of hydroxylamine groups is 6. The van der Waals surface area contributed by atoms with Crippen molar-refractivity contribution >= 4 is 17.5 Å². The average molecular weight is 542 g/mol. The summed E-state index contributed by atoms with van der Waals surface area (Å²) in [5.74, 6) is -0.0841. The minimum atomic E-state index is -1.07. The van der Waals surface area contributed by atoms with Crippen LogP contribution < -0.4 is 16.2 Å². The summed E-state index contributed by atoms with van der Waals surface area (Å²) in [6, 6.07) is 5.96. The number of anilines is 1. The topological polar surface area (TPSA) is 169 Å². The molecule has 13 nitrogen and oxygen atoms in total. The Kier molecular flexibility index (Phi) is 6.39. The van der Waals surface area contributed by atoms with Crippen molar-refractivity contribution in [3.63, 3.8) is 0 Å². The molecule has 1 aromatic carbocycles. The Hall–Kier alpha value is -3.84. The SMILES string of the molecule is CC1(C)N([O])C(c2ccc(C3=[N+]([O-])C(C)(C)C(C)(C)N3[O])c(OCCn3ccc(N)nc3=O)c2)=[N+]([O-])C1(C)C.